The molecule has 4 rings (SSSR count). The van der Waals surface area contributed by atoms with Crippen molar-refractivity contribution in [2.75, 3.05) is 25.5 Å². The van der Waals surface area contributed by atoms with Gasteiger partial charge in [0.1, 0.15) is 5.75 Å². The molecule has 1 aliphatic heterocycles. The second-order valence-electron chi connectivity index (χ2n) is 8.44. The van der Waals surface area contributed by atoms with Crippen molar-refractivity contribution in [3.8, 4) is 5.75 Å². The van der Waals surface area contributed by atoms with E-state index in [9.17, 15) is 4.79 Å². The molecule has 1 N–H and O–H groups in total. The van der Waals surface area contributed by atoms with E-state index in [0.29, 0.717) is 5.92 Å². The lowest BCUT2D eigenvalue weighted by atomic mass is 9.83. The number of anilines is 1. The first-order valence-electron chi connectivity index (χ1n) is 10.9. The zero-order valence-corrected chi connectivity index (χ0v) is 18.3. The van der Waals surface area contributed by atoms with Crippen molar-refractivity contribution < 1.29 is 9.53 Å². The van der Waals surface area contributed by atoms with Gasteiger partial charge >= 0.3 is 0 Å². The molecule has 1 aliphatic rings. The molecule has 1 fully saturated rings. The van der Waals surface area contributed by atoms with Crippen LogP contribution in [0.5, 0.6) is 5.75 Å². The molecule has 1 amide bonds. The Morgan fingerprint density at radius 2 is 1.77 bits per heavy atom. The van der Waals surface area contributed by atoms with Crippen molar-refractivity contribution in [3.63, 3.8) is 0 Å². The van der Waals surface area contributed by atoms with Gasteiger partial charge in [0.05, 0.1) is 13.0 Å². The van der Waals surface area contributed by atoms with Crippen LogP contribution in [-0.2, 0) is 11.3 Å². The third kappa shape index (κ3) is 5.53. The Bertz CT molecular complexity index is 1000. The lowest BCUT2D eigenvalue weighted by molar-refractivity contribution is -0.121. The topological polar surface area (TPSA) is 41.6 Å². The van der Waals surface area contributed by atoms with Gasteiger partial charge in [-0.2, -0.15) is 0 Å². The molecular formula is C27H30N2O2. The van der Waals surface area contributed by atoms with E-state index >= 15 is 0 Å². The molecule has 160 valence electrons. The van der Waals surface area contributed by atoms with E-state index < -0.39 is 0 Å². The Morgan fingerprint density at radius 1 is 1.00 bits per heavy atom. The molecule has 31 heavy (non-hydrogen) atoms. The second kappa shape index (κ2) is 9.80. The predicted octanol–water partition coefficient (Wildman–Crippen LogP) is 5.25. The van der Waals surface area contributed by atoms with Crippen LogP contribution in [0.25, 0.3) is 0 Å². The van der Waals surface area contributed by atoms with E-state index in [1.807, 2.05) is 30.3 Å². The van der Waals surface area contributed by atoms with Crippen LogP contribution >= 0.6 is 0 Å². The number of aryl methyl sites for hydroxylation is 1. The van der Waals surface area contributed by atoms with Crippen molar-refractivity contribution in [1.29, 1.82) is 0 Å². The average Bonchev–Trinajstić information content (AvgIpc) is 2.80. The number of nitrogens with one attached hydrogen (secondary N) is 1. The van der Waals surface area contributed by atoms with Crippen LogP contribution in [0.15, 0.2) is 78.9 Å². The molecule has 3 aromatic rings. The Balaban J connectivity index is 1.52. The number of piperidine rings is 1. The number of hydrogen-bond donors (Lipinski definition) is 1. The summed E-state index contributed by atoms with van der Waals surface area (Å²) in [6.45, 7) is 4.71. The molecule has 0 bridgehead atoms. The summed E-state index contributed by atoms with van der Waals surface area (Å²) in [6.07, 6.45) is 0.858. The van der Waals surface area contributed by atoms with Crippen LogP contribution in [-0.4, -0.2) is 31.0 Å². The van der Waals surface area contributed by atoms with E-state index in [4.69, 9.17) is 4.74 Å². The standard InChI is InChI=1S/C27H30N2O2/c1-20-7-6-10-22(15-20)23-16-24(19-29(18-23)17-21-8-4-3-5-9-21)27(30)28-25-11-13-26(31-2)14-12-25/h3-15,23-24H,16-19H2,1-2H3,(H,28,30)/t23-,24-/m0/s1. The first-order valence-corrected chi connectivity index (χ1v) is 10.9. The molecule has 0 spiro atoms. The number of amides is 1. The van der Waals surface area contributed by atoms with Crippen molar-refractivity contribution in [2.45, 2.75) is 25.8 Å². The summed E-state index contributed by atoms with van der Waals surface area (Å²) in [5.74, 6) is 1.14. The highest BCUT2D eigenvalue weighted by Crippen LogP contribution is 2.32. The zero-order chi connectivity index (χ0) is 21.6. The molecular weight excluding hydrogens is 384 g/mol. The zero-order valence-electron chi connectivity index (χ0n) is 18.3. The molecule has 0 unspecified atom stereocenters. The number of benzene rings is 3. The third-order valence-corrected chi connectivity index (χ3v) is 6.02. The van der Waals surface area contributed by atoms with E-state index in [1.165, 1.54) is 16.7 Å². The maximum absolute atomic E-state index is 13.2. The number of nitrogens with zero attached hydrogens (tertiary/aromatic N) is 1. The summed E-state index contributed by atoms with van der Waals surface area (Å²) in [4.78, 5) is 15.6. The number of rotatable bonds is 6. The minimum absolute atomic E-state index is 0.0647. The van der Waals surface area contributed by atoms with Crippen LogP contribution in [0, 0.1) is 12.8 Å². The highest BCUT2D eigenvalue weighted by Gasteiger charge is 2.32. The van der Waals surface area contributed by atoms with Crippen LogP contribution in [0.4, 0.5) is 5.69 Å². The number of carbonyl (C=O) groups is 1. The highest BCUT2D eigenvalue weighted by atomic mass is 16.5. The smallest absolute Gasteiger partial charge is 0.228 e. The summed E-state index contributed by atoms with van der Waals surface area (Å²) in [7, 11) is 1.64. The van der Waals surface area contributed by atoms with Gasteiger partial charge in [-0.05, 0) is 54.7 Å². The van der Waals surface area contributed by atoms with E-state index in [1.54, 1.807) is 7.11 Å². The normalized spacial score (nSPS) is 19.0. The third-order valence-electron chi connectivity index (χ3n) is 6.02. The molecule has 1 saturated heterocycles. The lowest BCUT2D eigenvalue weighted by Crippen LogP contribution is -2.43. The number of carbonyl (C=O) groups excluding carboxylic acids is 1. The molecule has 0 aromatic heterocycles. The van der Waals surface area contributed by atoms with Crippen molar-refractivity contribution in [3.05, 3.63) is 95.6 Å². The number of methoxy groups -OCH3 is 1. The van der Waals surface area contributed by atoms with Crippen LogP contribution in [0.3, 0.4) is 0 Å². The van der Waals surface area contributed by atoms with Gasteiger partial charge in [0, 0.05) is 25.3 Å². The van der Waals surface area contributed by atoms with Crippen molar-refractivity contribution in [2.24, 2.45) is 5.92 Å². The van der Waals surface area contributed by atoms with Crippen LogP contribution in [0.2, 0.25) is 0 Å². The number of ether oxygens (including phenoxy) is 1. The predicted molar refractivity (Wildman–Crippen MR) is 125 cm³/mol. The van der Waals surface area contributed by atoms with Gasteiger partial charge in [-0.15, -0.1) is 0 Å². The first kappa shape index (κ1) is 21.1. The summed E-state index contributed by atoms with van der Waals surface area (Å²) in [5.41, 5.74) is 4.66. The molecule has 1 heterocycles. The van der Waals surface area contributed by atoms with Gasteiger partial charge in [0.25, 0.3) is 0 Å². The van der Waals surface area contributed by atoms with Gasteiger partial charge in [-0.3, -0.25) is 9.69 Å². The average molecular weight is 415 g/mol. The fraction of sp³-hybridized carbons (Fsp3) is 0.296. The summed E-state index contributed by atoms with van der Waals surface area (Å²) < 4.78 is 5.21. The monoisotopic (exact) mass is 414 g/mol. The number of hydrogen-bond acceptors (Lipinski definition) is 3. The Kier molecular flexibility index (Phi) is 6.68. The minimum atomic E-state index is -0.0647. The second-order valence-corrected chi connectivity index (χ2v) is 8.44. The Labute approximate surface area is 184 Å². The van der Waals surface area contributed by atoms with Crippen LogP contribution < -0.4 is 10.1 Å². The molecule has 3 aromatic carbocycles. The SMILES string of the molecule is COc1ccc(NC(=O)[C@H]2C[C@H](c3cccc(C)c3)CN(Cc3ccccc3)C2)cc1. The number of likely N-dealkylation sites (tertiary alicyclic amines) is 1. The van der Waals surface area contributed by atoms with Gasteiger partial charge < -0.3 is 10.1 Å². The van der Waals surface area contributed by atoms with Gasteiger partial charge in [0.15, 0.2) is 0 Å². The maximum atomic E-state index is 13.2. The lowest BCUT2D eigenvalue weighted by Gasteiger charge is -2.37. The van der Waals surface area contributed by atoms with Crippen molar-refractivity contribution in [1.82, 2.24) is 4.90 Å². The Hall–Kier alpha value is -3.11. The van der Waals surface area contributed by atoms with E-state index in [-0.39, 0.29) is 11.8 Å². The van der Waals surface area contributed by atoms with Gasteiger partial charge in [0.2, 0.25) is 5.91 Å². The van der Waals surface area contributed by atoms with Crippen molar-refractivity contribution >= 4 is 11.6 Å². The minimum Gasteiger partial charge on any atom is -0.497 e. The fourth-order valence-corrected chi connectivity index (χ4v) is 4.44. The van der Waals surface area contributed by atoms with Gasteiger partial charge in [-0.25, -0.2) is 0 Å². The fourth-order valence-electron chi connectivity index (χ4n) is 4.44. The highest BCUT2D eigenvalue weighted by molar-refractivity contribution is 5.92. The van der Waals surface area contributed by atoms with Crippen LogP contribution in [0.1, 0.15) is 29.0 Å². The van der Waals surface area contributed by atoms with E-state index in [0.717, 1.165) is 37.5 Å². The largest absolute Gasteiger partial charge is 0.497 e. The first-order chi connectivity index (χ1) is 15.1. The quantitative estimate of drug-likeness (QED) is 0.599. The molecule has 2 atom stereocenters. The Morgan fingerprint density at radius 3 is 2.48 bits per heavy atom. The van der Waals surface area contributed by atoms with Gasteiger partial charge in [-0.1, -0.05) is 60.2 Å². The summed E-state index contributed by atoms with van der Waals surface area (Å²) in [6, 6.07) is 26.7. The molecule has 0 radical (unpaired) electrons. The maximum Gasteiger partial charge on any atom is 0.228 e. The molecule has 4 heteroatoms. The summed E-state index contributed by atoms with van der Waals surface area (Å²) in [5, 5.41) is 3.11. The van der Waals surface area contributed by atoms with E-state index in [2.05, 4.69) is 65.7 Å². The summed E-state index contributed by atoms with van der Waals surface area (Å²) >= 11 is 0. The molecule has 0 aliphatic carbocycles. The molecule has 0 saturated carbocycles. The molecule has 4 nitrogen and oxygen atoms in total.